The summed E-state index contributed by atoms with van der Waals surface area (Å²) in [6.45, 7) is 4.44. The van der Waals surface area contributed by atoms with Crippen LogP contribution in [0.25, 0.3) is 0 Å². The summed E-state index contributed by atoms with van der Waals surface area (Å²) in [6, 6.07) is 0. The first kappa shape index (κ1) is 14.3. The van der Waals surface area contributed by atoms with Gasteiger partial charge in [-0.2, -0.15) is 0 Å². The van der Waals surface area contributed by atoms with Crippen molar-refractivity contribution in [1.29, 1.82) is 0 Å². The van der Waals surface area contributed by atoms with E-state index in [2.05, 4.69) is 23.9 Å². The molecular formula is C14H29N3O. The van der Waals surface area contributed by atoms with Crippen LogP contribution in [-0.4, -0.2) is 68.8 Å². The zero-order chi connectivity index (χ0) is 13.2. The first-order valence-electron chi connectivity index (χ1n) is 7.22. The van der Waals surface area contributed by atoms with Gasteiger partial charge >= 0.3 is 0 Å². The largest absolute Gasteiger partial charge is 0.381 e. The molecule has 18 heavy (non-hydrogen) atoms. The fourth-order valence-corrected chi connectivity index (χ4v) is 3.61. The second kappa shape index (κ2) is 5.87. The van der Waals surface area contributed by atoms with E-state index < -0.39 is 0 Å². The number of hydrogen-bond acceptors (Lipinski definition) is 4. The zero-order valence-electron chi connectivity index (χ0n) is 12.2. The minimum absolute atomic E-state index is 0.254. The van der Waals surface area contributed by atoms with Gasteiger partial charge in [0.1, 0.15) is 0 Å². The first-order chi connectivity index (χ1) is 8.59. The molecule has 0 bridgehead atoms. The molecule has 1 aliphatic carbocycles. The molecule has 2 rings (SSSR count). The maximum absolute atomic E-state index is 6.03. The molecule has 4 nitrogen and oxygen atoms in total. The van der Waals surface area contributed by atoms with E-state index in [1.54, 1.807) is 0 Å². The van der Waals surface area contributed by atoms with Gasteiger partial charge in [-0.3, -0.25) is 4.90 Å². The number of nitrogens with two attached hydrogens (primary N) is 1. The Morgan fingerprint density at radius 1 is 1.28 bits per heavy atom. The number of likely N-dealkylation sites (tertiary alicyclic amines) is 1. The Kier molecular flexibility index (Phi) is 4.64. The predicted molar refractivity (Wildman–Crippen MR) is 74.7 cm³/mol. The fourth-order valence-electron chi connectivity index (χ4n) is 3.61. The molecular weight excluding hydrogens is 226 g/mol. The number of rotatable bonds is 5. The van der Waals surface area contributed by atoms with Gasteiger partial charge < -0.3 is 15.4 Å². The monoisotopic (exact) mass is 255 g/mol. The van der Waals surface area contributed by atoms with E-state index in [1.165, 1.54) is 32.5 Å². The Labute approximate surface area is 111 Å². The lowest BCUT2D eigenvalue weighted by molar-refractivity contribution is -0.0966. The first-order valence-corrected chi connectivity index (χ1v) is 7.22. The van der Waals surface area contributed by atoms with Gasteiger partial charge in [0, 0.05) is 25.7 Å². The standard InChI is InChI=1S/C14H29N3O/c1-16(2)10-12-4-6-17(7-5-12)14(11-15)8-13(9-14)18-3/h12-13H,4-11,15H2,1-3H3. The Hall–Kier alpha value is -0.160. The van der Waals surface area contributed by atoms with Gasteiger partial charge in [0.2, 0.25) is 0 Å². The van der Waals surface area contributed by atoms with Crippen molar-refractivity contribution in [2.24, 2.45) is 11.7 Å². The Balaban J connectivity index is 1.82. The number of methoxy groups -OCH3 is 1. The maximum atomic E-state index is 6.03. The van der Waals surface area contributed by atoms with Crippen LogP contribution in [-0.2, 0) is 4.74 Å². The SMILES string of the molecule is COC1CC(CN)(N2CCC(CN(C)C)CC2)C1. The van der Waals surface area contributed by atoms with E-state index >= 15 is 0 Å². The van der Waals surface area contributed by atoms with Crippen molar-refractivity contribution < 1.29 is 4.74 Å². The normalized spacial score (nSPS) is 34.8. The summed E-state index contributed by atoms with van der Waals surface area (Å²) in [6.07, 6.45) is 5.32. The van der Waals surface area contributed by atoms with E-state index in [1.807, 2.05) is 7.11 Å². The highest BCUT2D eigenvalue weighted by molar-refractivity contribution is 5.05. The van der Waals surface area contributed by atoms with Crippen LogP contribution >= 0.6 is 0 Å². The molecule has 0 atom stereocenters. The lowest BCUT2D eigenvalue weighted by Gasteiger charge is -2.55. The molecule has 1 saturated heterocycles. The highest BCUT2D eigenvalue weighted by atomic mass is 16.5. The third-order valence-electron chi connectivity index (χ3n) is 4.84. The van der Waals surface area contributed by atoms with Crippen LogP contribution in [0.5, 0.6) is 0 Å². The molecule has 0 spiro atoms. The lowest BCUT2D eigenvalue weighted by Crippen LogP contribution is -2.65. The fraction of sp³-hybridized carbons (Fsp3) is 1.00. The van der Waals surface area contributed by atoms with Gasteiger partial charge in [-0.05, 0) is 58.8 Å². The number of nitrogens with zero attached hydrogens (tertiary/aromatic N) is 2. The average molecular weight is 255 g/mol. The van der Waals surface area contributed by atoms with Crippen LogP contribution < -0.4 is 5.73 Å². The molecule has 0 aromatic rings. The molecule has 1 aliphatic heterocycles. The van der Waals surface area contributed by atoms with Crippen LogP contribution in [0.3, 0.4) is 0 Å². The summed E-state index contributed by atoms with van der Waals surface area (Å²) in [5.41, 5.74) is 6.28. The van der Waals surface area contributed by atoms with Crippen molar-refractivity contribution in [1.82, 2.24) is 9.80 Å². The summed E-state index contributed by atoms with van der Waals surface area (Å²) >= 11 is 0. The van der Waals surface area contributed by atoms with E-state index in [4.69, 9.17) is 10.5 Å². The molecule has 2 fully saturated rings. The van der Waals surface area contributed by atoms with Crippen LogP contribution in [0.2, 0.25) is 0 Å². The van der Waals surface area contributed by atoms with Gasteiger partial charge in [0.25, 0.3) is 0 Å². The molecule has 2 aliphatic rings. The van der Waals surface area contributed by atoms with Crippen LogP contribution in [0.4, 0.5) is 0 Å². The molecule has 0 unspecified atom stereocenters. The minimum atomic E-state index is 0.254. The number of hydrogen-bond donors (Lipinski definition) is 1. The second-order valence-corrected chi connectivity index (χ2v) is 6.39. The summed E-state index contributed by atoms with van der Waals surface area (Å²) in [4.78, 5) is 4.94. The molecule has 0 aromatic heterocycles. The quantitative estimate of drug-likeness (QED) is 0.788. The molecule has 0 radical (unpaired) electrons. The lowest BCUT2D eigenvalue weighted by atomic mass is 9.71. The molecule has 106 valence electrons. The summed E-state index contributed by atoms with van der Waals surface area (Å²) in [5.74, 6) is 0.865. The van der Waals surface area contributed by atoms with E-state index in [9.17, 15) is 0 Å². The third kappa shape index (κ3) is 2.87. The molecule has 2 N–H and O–H groups in total. The molecule has 0 amide bonds. The Morgan fingerprint density at radius 2 is 1.89 bits per heavy atom. The Morgan fingerprint density at radius 3 is 2.33 bits per heavy atom. The maximum Gasteiger partial charge on any atom is 0.0607 e. The van der Waals surface area contributed by atoms with Crippen LogP contribution in [0.15, 0.2) is 0 Å². The van der Waals surface area contributed by atoms with E-state index in [0.29, 0.717) is 6.10 Å². The topological polar surface area (TPSA) is 41.7 Å². The van der Waals surface area contributed by atoms with Crippen molar-refractivity contribution in [2.45, 2.75) is 37.3 Å². The molecule has 1 heterocycles. The number of ether oxygens (including phenoxy) is 1. The van der Waals surface area contributed by atoms with Crippen molar-refractivity contribution in [2.75, 3.05) is 47.4 Å². The van der Waals surface area contributed by atoms with Gasteiger partial charge in [0.15, 0.2) is 0 Å². The summed E-state index contributed by atoms with van der Waals surface area (Å²) in [7, 11) is 6.15. The van der Waals surface area contributed by atoms with Crippen molar-refractivity contribution in [3.05, 3.63) is 0 Å². The number of piperidine rings is 1. The highest BCUT2D eigenvalue weighted by Gasteiger charge is 2.48. The predicted octanol–water partition coefficient (Wildman–Crippen LogP) is 0.766. The third-order valence-corrected chi connectivity index (χ3v) is 4.84. The van der Waals surface area contributed by atoms with Gasteiger partial charge in [0.05, 0.1) is 6.10 Å². The van der Waals surface area contributed by atoms with E-state index in [0.717, 1.165) is 25.3 Å². The highest BCUT2D eigenvalue weighted by Crippen LogP contribution is 2.40. The Bertz CT molecular complexity index is 256. The van der Waals surface area contributed by atoms with Gasteiger partial charge in [-0.25, -0.2) is 0 Å². The van der Waals surface area contributed by atoms with Crippen molar-refractivity contribution in [3.63, 3.8) is 0 Å². The van der Waals surface area contributed by atoms with Crippen molar-refractivity contribution >= 4 is 0 Å². The van der Waals surface area contributed by atoms with Crippen molar-refractivity contribution in [3.8, 4) is 0 Å². The average Bonchev–Trinajstić information content (AvgIpc) is 2.30. The summed E-state index contributed by atoms with van der Waals surface area (Å²) in [5, 5.41) is 0. The molecule has 4 heteroatoms. The van der Waals surface area contributed by atoms with Crippen LogP contribution in [0, 0.1) is 5.92 Å². The van der Waals surface area contributed by atoms with Crippen LogP contribution in [0.1, 0.15) is 25.7 Å². The minimum Gasteiger partial charge on any atom is -0.381 e. The van der Waals surface area contributed by atoms with Gasteiger partial charge in [-0.15, -0.1) is 0 Å². The summed E-state index contributed by atoms with van der Waals surface area (Å²) < 4.78 is 5.42. The molecule has 1 saturated carbocycles. The molecule has 0 aromatic carbocycles. The van der Waals surface area contributed by atoms with Gasteiger partial charge in [-0.1, -0.05) is 0 Å². The smallest absolute Gasteiger partial charge is 0.0607 e. The second-order valence-electron chi connectivity index (χ2n) is 6.39. The zero-order valence-corrected chi connectivity index (χ0v) is 12.2. The van der Waals surface area contributed by atoms with E-state index in [-0.39, 0.29) is 5.54 Å².